The SMILES string of the molecule is O=C(OCc1ccccc1)N1CCC(O)(O)C1. The Morgan fingerprint density at radius 2 is 2.06 bits per heavy atom. The number of hydrogen-bond acceptors (Lipinski definition) is 4. The van der Waals surface area contributed by atoms with Crippen molar-refractivity contribution in [2.75, 3.05) is 13.1 Å². The minimum absolute atomic E-state index is 0.0966. The van der Waals surface area contributed by atoms with Crippen LogP contribution in [0, 0.1) is 0 Å². The van der Waals surface area contributed by atoms with E-state index in [2.05, 4.69) is 0 Å². The molecule has 0 saturated carbocycles. The second kappa shape index (κ2) is 4.73. The normalized spacial score (nSPS) is 18.1. The third-order valence-corrected chi connectivity index (χ3v) is 2.69. The van der Waals surface area contributed by atoms with Crippen LogP contribution < -0.4 is 0 Å². The van der Waals surface area contributed by atoms with Crippen molar-refractivity contribution >= 4 is 6.09 Å². The number of ether oxygens (including phenoxy) is 1. The van der Waals surface area contributed by atoms with Gasteiger partial charge >= 0.3 is 6.09 Å². The van der Waals surface area contributed by atoms with Crippen LogP contribution in [-0.2, 0) is 11.3 Å². The van der Waals surface area contributed by atoms with E-state index in [0.29, 0.717) is 6.54 Å². The smallest absolute Gasteiger partial charge is 0.410 e. The summed E-state index contributed by atoms with van der Waals surface area (Å²) < 4.78 is 5.07. The molecule has 2 N–H and O–H groups in total. The maximum absolute atomic E-state index is 11.6. The molecule has 0 aliphatic carbocycles. The molecule has 1 saturated heterocycles. The second-order valence-electron chi connectivity index (χ2n) is 4.19. The Balaban J connectivity index is 1.83. The van der Waals surface area contributed by atoms with Gasteiger partial charge in [0.25, 0.3) is 0 Å². The predicted octanol–water partition coefficient (Wildman–Crippen LogP) is 0.710. The van der Waals surface area contributed by atoms with Gasteiger partial charge in [-0.2, -0.15) is 0 Å². The maximum atomic E-state index is 11.6. The van der Waals surface area contributed by atoms with Gasteiger partial charge in [-0.1, -0.05) is 30.3 Å². The molecular weight excluding hydrogens is 222 g/mol. The summed E-state index contributed by atoms with van der Waals surface area (Å²) in [5.41, 5.74) is 0.902. The summed E-state index contributed by atoms with van der Waals surface area (Å²) in [4.78, 5) is 12.9. The van der Waals surface area contributed by atoms with Crippen molar-refractivity contribution in [2.24, 2.45) is 0 Å². The number of likely N-dealkylation sites (tertiary alicyclic amines) is 1. The van der Waals surface area contributed by atoms with Crippen molar-refractivity contribution in [1.29, 1.82) is 0 Å². The summed E-state index contributed by atoms with van der Waals surface area (Å²) in [6, 6.07) is 9.34. The molecule has 1 fully saturated rings. The molecule has 2 rings (SSSR count). The van der Waals surface area contributed by atoms with Crippen molar-refractivity contribution in [3.05, 3.63) is 35.9 Å². The number of amides is 1. The van der Waals surface area contributed by atoms with E-state index < -0.39 is 11.9 Å². The topological polar surface area (TPSA) is 70.0 Å². The van der Waals surface area contributed by atoms with Gasteiger partial charge in [0.1, 0.15) is 6.61 Å². The third-order valence-electron chi connectivity index (χ3n) is 2.69. The lowest BCUT2D eigenvalue weighted by molar-refractivity contribution is -0.146. The van der Waals surface area contributed by atoms with Crippen LogP contribution in [0.3, 0.4) is 0 Å². The molecule has 0 atom stereocenters. The maximum Gasteiger partial charge on any atom is 0.410 e. The molecule has 5 nitrogen and oxygen atoms in total. The summed E-state index contributed by atoms with van der Waals surface area (Å²) in [6.45, 7) is 0.404. The van der Waals surface area contributed by atoms with Crippen LogP contribution in [0.15, 0.2) is 30.3 Å². The Labute approximate surface area is 99.2 Å². The molecule has 0 aromatic heterocycles. The first-order valence-corrected chi connectivity index (χ1v) is 5.47. The first kappa shape index (κ1) is 11.9. The largest absolute Gasteiger partial charge is 0.445 e. The molecule has 17 heavy (non-hydrogen) atoms. The van der Waals surface area contributed by atoms with Gasteiger partial charge in [-0.25, -0.2) is 4.79 Å². The van der Waals surface area contributed by atoms with Crippen molar-refractivity contribution < 1.29 is 19.7 Å². The fourth-order valence-corrected chi connectivity index (χ4v) is 1.74. The van der Waals surface area contributed by atoms with Gasteiger partial charge < -0.3 is 19.8 Å². The van der Waals surface area contributed by atoms with Gasteiger partial charge in [0.15, 0.2) is 5.79 Å². The zero-order chi connectivity index (χ0) is 12.3. The summed E-state index contributed by atoms with van der Waals surface area (Å²) >= 11 is 0. The highest BCUT2D eigenvalue weighted by molar-refractivity contribution is 5.68. The van der Waals surface area contributed by atoms with Crippen LogP contribution >= 0.6 is 0 Å². The number of β-amino-alcohol motifs (C(OH)–C–C–N with tert-alkyl or cyclic N) is 2. The van der Waals surface area contributed by atoms with E-state index in [1.54, 1.807) is 0 Å². The van der Waals surface area contributed by atoms with Crippen molar-refractivity contribution in [2.45, 2.75) is 18.8 Å². The highest BCUT2D eigenvalue weighted by atomic mass is 16.6. The highest BCUT2D eigenvalue weighted by Crippen LogP contribution is 2.18. The number of nitrogens with zero attached hydrogens (tertiary/aromatic N) is 1. The highest BCUT2D eigenvalue weighted by Gasteiger charge is 2.36. The molecular formula is C12H15NO4. The van der Waals surface area contributed by atoms with Crippen LogP contribution in [0.25, 0.3) is 0 Å². The van der Waals surface area contributed by atoms with Crippen LogP contribution in [0.2, 0.25) is 0 Å². The monoisotopic (exact) mass is 237 g/mol. The zero-order valence-electron chi connectivity index (χ0n) is 9.37. The molecule has 1 aromatic rings. The fraction of sp³-hybridized carbons (Fsp3) is 0.417. The van der Waals surface area contributed by atoms with Crippen LogP contribution in [-0.4, -0.2) is 40.1 Å². The molecule has 0 unspecified atom stereocenters. The van der Waals surface area contributed by atoms with Crippen molar-refractivity contribution in [1.82, 2.24) is 4.90 Å². The van der Waals surface area contributed by atoms with E-state index >= 15 is 0 Å². The molecule has 5 heteroatoms. The van der Waals surface area contributed by atoms with Crippen molar-refractivity contribution in [3.63, 3.8) is 0 Å². The lowest BCUT2D eigenvalue weighted by atomic mass is 10.2. The van der Waals surface area contributed by atoms with Gasteiger partial charge in [-0.05, 0) is 5.56 Å². The molecule has 92 valence electrons. The summed E-state index contributed by atoms with van der Waals surface area (Å²) in [6.07, 6.45) is -0.355. The molecule has 1 aliphatic heterocycles. The average Bonchev–Trinajstić information content (AvgIpc) is 2.68. The molecule has 1 amide bonds. The number of aliphatic hydroxyl groups is 2. The minimum Gasteiger partial charge on any atom is -0.445 e. The number of carbonyl (C=O) groups is 1. The molecule has 1 aromatic carbocycles. The fourth-order valence-electron chi connectivity index (χ4n) is 1.74. The van der Waals surface area contributed by atoms with Gasteiger partial charge in [0.2, 0.25) is 0 Å². The summed E-state index contributed by atoms with van der Waals surface area (Å²) in [5.74, 6) is -1.77. The van der Waals surface area contributed by atoms with E-state index in [1.807, 2.05) is 30.3 Å². The van der Waals surface area contributed by atoms with Crippen LogP contribution in [0.1, 0.15) is 12.0 Å². The lowest BCUT2D eigenvalue weighted by Crippen LogP contribution is -2.35. The standard InChI is InChI=1S/C12H15NO4/c14-11(13-7-6-12(15,16)9-13)17-8-10-4-2-1-3-5-10/h1-5,15-16H,6-9H2. The van der Waals surface area contributed by atoms with E-state index in [9.17, 15) is 15.0 Å². The Hall–Kier alpha value is -1.59. The average molecular weight is 237 g/mol. The number of benzene rings is 1. The van der Waals surface area contributed by atoms with E-state index in [-0.39, 0.29) is 19.6 Å². The molecule has 1 heterocycles. The third kappa shape index (κ3) is 3.18. The van der Waals surface area contributed by atoms with Crippen molar-refractivity contribution in [3.8, 4) is 0 Å². The first-order chi connectivity index (χ1) is 8.07. The minimum atomic E-state index is -1.77. The van der Waals surface area contributed by atoms with E-state index in [0.717, 1.165) is 5.56 Å². The van der Waals surface area contributed by atoms with Gasteiger partial charge in [-0.15, -0.1) is 0 Å². The summed E-state index contributed by atoms with van der Waals surface area (Å²) in [7, 11) is 0. The second-order valence-corrected chi connectivity index (χ2v) is 4.19. The first-order valence-electron chi connectivity index (χ1n) is 5.47. The molecule has 0 spiro atoms. The lowest BCUT2D eigenvalue weighted by Gasteiger charge is -2.17. The van der Waals surface area contributed by atoms with Gasteiger partial charge in [0.05, 0.1) is 6.54 Å². The Bertz CT molecular complexity index is 391. The Morgan fingerprint density at radius 1 is 1.35 bits per heavy atom. The quantitative estimate of drug-likeness (QED) is 0.743. The van der Waals surface area contributed by atoms with Crippen LogP contribution in [0.5, 0.6) is 0 Å². The number of rotatable bonds is 2. The molecule has 1 aliphatic rings. The summed E-state index contributed by atoms with van der Waals surface area (Å²) in [5, 5.41) is 18.6. The van der Waals surface area contributed by atoms with Gasteiger partial charge in [-0.3, -0.25) is 0 Å². The zero-order valence-corrected chi connectivity index (χ0v) is 9.37. The number of carbonyl (C=O) groups excluding carboxylic acids is 1. The van der Waals surface area contributed by atoms with Crippen LogP contribution in [0.4, 0.5) is 4.79 Å². The predicted molar refractivity (Wildman–Crippen MR) is 60.0 cm³/mol. The number of hydrogen-bond donors (Lipinski definition) is 2. The Kier molecular flexibility index (Phi) is 3.31. The van der Waals surface area contributed by atoms with Gasteiger partial charge in [0, 0.05) is 13.0 Å². The Morgan fingerprint density at radius 3 is 2.65 bits per heavy atom. The van der Waals surface area contributed by atoms with E-state index in [4.69, 9.17) is 4.74 Å². The van der Waals surface area contributed by atoms with E-state index in [1.165, 1.54) is 4.90 Å². The molecule has 0 bridgehead atoms. The molecule has 0 radical (unpaired) electrons.